The number of phenols is 2. The number of nitrogens with two attached hydrogens (primary N) is 1. The highest BCUT2D eigenvalue weighted by atomic mass is 16.3. The molecule has 0 saturated heterocycles. The monoisotopic (exact) mass is 210 g/mol. The molecule has 1 atom stereocenters. The Morgan fingerprint density at radius 3 is 2.40 bits per heavy atom. The number of aromatic hydroxyl groups is 2. The molecular weight excluding hydrogens is 192 g/mol. The van der Waals surface area contributed by atoms with Crippen LogP contribution in [0.25, 0.3) is 0 Å². The van der Waals surface area contributed by atoms with Crippen LogP contribution in [0.1, 0.15) is 24.9 Å². The van der Waals surface area contributed by atoms with Crippen molar-refractivity contribution in [3.05, 3.63) is 23.8 Å². The highest BCUT2D eigenvalue weighted by Crippen LogP contribution is 2.24. The van der Waals surface area contributed by atoms with E-state index in [4.69, 9.17) is 5.73 Å². The van der Waals surface area contributed by atoms with Crippen molar-refractivity contribution in [3.63, 3.8) is 0 Å². The Labute approximate surface area is 89.7 Å². The van der Waals surface area contributed by atoms with Gasteiger partial charge in [0.15, 0.2) is 0 Å². The van der Waals surface area contributed by atoms with Gasteiger partial charge in [-0.3, -0.25) is 0 Å². The summed E-state index contributed by atoms with van der Waals surface area (Å²) in [5, 5.41) is 21.9. The van der Waals surface area contributed by atoms with Crippen LogP contribution in [0.5, 0.6) is 11.5 Å². The molecule has 1 aromatic rings. The smallest absolute Gasteiger partial charge is 0.119 e. The quantitative estimate of drug-likeness (QED) is 0.549. The Morgan fingerprint density at radius 1 is 1.27 bits per heavy atom. The van der Waals surface area contributed by atoms with E-state index < -0.39 is 0 Å². The Balaban J connectivity index is 2.60. The predicted octanol–water partition coefficient (Wildman–Crippen LogP) is 1.10. The van der Waals surface area contributed by atoms with Gasteiger partial charge in [0, 0.05) is 12.1 Å². The van der Waals surface area contributed by atoms with Crippen LogP contribution in [0, 0.1) is 0 Å². The molecule has 0 amide bonds. The zero-order valence-electron chi connectivity index (χ0n) is 8.90. The molecule has 4 nitrogen and oxygen atoms in total. The summed E-state index contributed by atoms with van der Waals surface area (Å²) >= 11 is 0. The topological polar surface area (TPSA) is 78.5 Å². The fraction of sp³-hybridized carbons (Fsp3) is 0.455. The van der Waals surface area contributed by atoms with Crippen LogP contribution < -0.4 is 11.1 Å². The van der Waals surface area contributed by atoms with E-state index in [1.807, 2.05) is 6.92 Å². The summed E-state index contributed by atoms with van der Waals surface area (Å²) in [7, 11) is 0. The fourth-order valence-corrected chi connectivity index (χ4v) is 1.41. The van der Waals surface area contributed by atoms with Gasteiger partial charge in [-0.2, -0.15) is 0 Å². The predicted molar refractivity (Wildman–Crippen MR) is 59.9 cm³/mol. The average molecular weight is 210 g/mol. The van der Waals surface area contributed by atoms with Crippen LogP contribution in [-0.4, -0.2) is 23.3 Å². The number of nitrogens with one attached hydrogen (secondary N) is 1. The summed E-state index contributed by atoms with van der Waals surface area (Å²) in [6.45, 7) is 3.46. The molecule has 0 saturated carbocycles. The molecule has 0 aliphatic carbocycles. The Morgan fingerprint density at radius 2 is 1.87 bits per heavy atom. The third kappa shape index (κ3) is 3.77. The first-order chi connectivity index (χ1) is 7.13. The lowest BCUT2D eigenvalue weighted by Crippen LogP contribution is -2.21. The lowest BCUT2D eigenvalue weighted by Gasteiger charge is -2.14. The molecule has 0 spiro atoms. The first-order valence-electron chi connectivity index (χ1n) is 5.10. The summed E-state index contributed by atoms with van der Waals surface area (Å²) in [5.41, 5.74) is 6.25. The van der Waals surface area contributed by atoms with Crippen LogP contribution in [0.3, 0.4) is 0 Å². The molecule has 0 aromatic heterocycles. The summed E-state index contributed by atoms with van der Waals surface area (Å²) in [5.74, 6) is 0.162. The van der Waals surface area contributed by atoms with Crippen molar-refractivity contribution in [2.24, 2.45) is 5.73 Å². The molecule has 5 N–H and O–H groups in total. The maximum absolute atomic E-state index is 9.31. The molecular formula is C11H18N2O2. The normalized spacial score (nSPS) is 12.7. The highest BCUT2D eigenvalue weighted by Gasteiger charge is 2.06. The van der Waals surface area contributed by atoms with Crippen LogP contribution >= 0.6 is 0 Å². The lowest BCUT2D eigenvalue weighted by atomic mass is 10.1. The van der Waals surface area contributed by atoms with E-state index in [-0.39, 0.29) is 17.5 Å². The number of hydrogen-bond donors (Lipinski definition) is 4. The van der Waals surface area contributed by atoms with Crippen LogP contribution in [0.2, 0.25) is 0 Å². The van der Waals surface area contributed by atoms with Crippen molar-refractivity contribution in [2.45, 2.75) is 19.4 Å². The highest BCUT2D eigenvalue weighted by molar-refractivity contribution is 5.37. The molecule has 4 heteroatoms. The van der Waals surface area contributed by atoms with E-state index in [0.29, 0.717) is 6.54 Å². The molecule has 0 fully saturated rings. The Hall–Kier alpha value is -1.26. The molecule has 1 rings (SSSR count). The third-order valence-corrected chi connectivity index (χ3v) is 2.26. The number of rotatable bonds is 5. The number of phenolic OH excluding ortho intramolecular Hbond substituents is 2. The van der Waals surface area contributed by atoms with E-state index in [9.17, 15) is 10.2 Å². The second-order valence-electron chi connectivity index (χ2n) is 3.60. The van der Waals surface area contributed by atoms with E-state index in [2.05, 4.69) is 5.32 Å². The standard InChI is InChI=1S/C11H18N2O2/c1-8(13-4-2-3-12)9-5-10(14)7-11(15)6-9/h5-8,13-15H,2-4,12H2,1H3. The summed E-state index contributed by atoms with van der Waals surface area (Å²) in [4.78, 5) is 0. The van der Waals surface area contributed by atoms with Crippen molar-refractivity contribution in [3.8, 4) is 11.5 Å². The largest absolute Gasteiger partial charge is 0.508 e. The van der Waals surface area contributed by atoms with E-state index in [0.717, 1.165) is 18.5 Å². The Kier molecular flexibility index (Phi) is 4.39. The van der Waals surface area contributed by atoms with Gasteiger partial charge in [-0.25, -0.2) is 0 Å². The summed E-state index contributed by atoms with van der Waals surface area (Å²) < 4.78 is 0. The van der Waals surface area contributed by atoms with Crippen molar-refractivity contribution >= 4 is 0 Å². The van der Waals surface area contributed by atoms with Crippen molar-refractivity contribution < 1.29 is 10.2 Å². The second kappa shape index (κ2) is 5.58. The molecule has 1 aromatic carbocycles. The molecule has 0 radical (unpaired) electrons. The van der Waals surface area contributed by atoms with Crippen LogP contribution in [0.4, 0.5) is 0 Å². The summed E-state index contributed by atoms with van der Waals surface area (Å²) in [6, 6.07) is 4.69. The van der Waals surface area contributed by atoms with Gasteiger partial charge in [-0.05, 0) is 44.1 Å². The third-order valence-electron chi connectivity index (χ3n) is 2.26. The zero-order valence-corrected chi connectivity index (χ0v) is 8.90. The van der Waals surface area contributed by atoms with Crippen LogP contribution in [0.15, 0.2) is 18.2 Å². The zero-order chi connectivity index (χ0) is 11.3. The first kappa shape index (κ1) is 11.8. The Bertz CT molecular complexity index is 295. The van der Waals surface area contributed by atoms with Gasteiger partial charge in [0.1, 0.15) is 11.5 Å². The molecule has 15 heavy (non-hydrogen) atoms. The minimum atomic E-state index is 0.0810. The lowest BCUT2D eigenvalue weighted by molar-refractivity contribution is 0.446. The van der Waals surface area contributed by atoms with E-state index in [1.54, 1.807) is 12.1 Å². The number of benzene rings is 1. The van der Waals surface area contributed by atoms with Gasteiger partial charge in [-0.15, -0.1) is 0 Å². The molecule has 0 aliphatic rings. The van der Waals surface area contributed by atoms with Gasteiger partial charge < -0.3 is 21.3 Å². The molecule has 84 valence electrons. The van der Waals surface area contributed by atoms with Gasteiger partial charge in [-0.1, -0.05) is 0 Å². The van der Waals surface area contributed by atoms with Gasteiger partial charge in [0.25, 0.3) is 0 Å². The first-order valence-corrected chi connectivity index (χ1v) is 5.10. The average Bonchev–Trinajstić information content (AvgIpc) is 2.16. The van der Waals surface area contributed by atoms with E-state index >= 15 is 0 Å². The molecule has 0 heterocycles. The second-order valence-corrected chi connectivity index (χ2v) is 3.60. The minimum Gasteiger partial charge on any atom is -0.508 e. The summed E-state index contributed by atoms with van der Waals surface area (Å²) in [6.07, 6.45) is 0.912. The van der Waals surface area contributed by atoms with Gasteiger partial charge in [0.2, 0.25) is 0 Å². The maximum Gasteiger partial charge on any atom is 0.119 e. The minimum absolute atomic E-state index is 0.0810. The maximum atomic E-state index is 9.31. The van der Waals surface area contributed by atoms with Gasteiger partial charge in [0.05, 0.1) is 0 Å². The van der Waals surface area contributed by atoms with Gasteiger partial charge >= 0.3 is 0 Å². The van der Waals surface area contributed by atoms with Crippen molar-refractivity contribution in [2.75, 3.05) is 13.1 Å². The fourth-order valence-electron chi connectivity index (χ4n) is 1.41. The van der Waals surface area contributed by atoms with Crippen LogP contribution in [-0.2, 0) is 0 Å². The molecule has 0 bridgehead atoms. The number of hydrogen-bond acceptors (Lipinski definition) is 4. The molecule has 1 unspecified atom stereocenters. The van der Waals surface area contributed by atoms with Crippen molar-refractivity contribution in [1.82, 2.24) is 5.32 Å². The van der Waals surface area contributed by atoms with E-state index in [1.165, 1.54) is 6.07 Å². The van der Waals surface area contributed by atoms with Crippen molar-refractivity contribution in [1.29, 1.82) is 0 Å². The molecule has 0 aliphatic heterocycles. The SMILES string of the molecule is CC(NCCCN)c1cc(O)cc(O)c1.